The molecule has 2 aromatic carbocycles. The average molecular weight is 470 g/mol. The summed E-state index contributed by atoms with van der Waals surface area (Å²) < 4.78 is 38.4. The molecular weight excluding hydrogens is 442 g/mol. The third kappa shape index (κ3) is 5.44. The first-order valence-corrected chi connectivity index (χ1v) is 12.3. The van der Waals surface area contributed by atoms with Crippen LogP contribution in [0.25, 0.3) is 0 Å². The minimum atomic E-state index is -3.56. The predicted molar refractivity (Wildman–Crippen MR) is 125 cm³/mol. The zero-order valence-corrected chi connectivity index (χ0v) is 19.3. The minimum Gasteiger partial charge on any atom is -0.489 e. The van der Waals surface area contributed by atoms with Gasteiger partial charge in [-0.25, -0.2) is 8.42 Å². The van der Waals surface area contributed by atoms with Crippen LogP contribution in [0.1, 0.15) is 23.0 Å². The summed E-state index contributed by atoms with van der Waals surface area (Å²) in [4.78, 5) is 15.1. The number of ether oxygens (including phenoxy) is 1. The van der Waals surface area contributed by atoms with Crippen molar-refractivity contribution < 1.29 is 22.4 Å². The predicted octanol–water partition coefficient (Wildman–Crippen LogP) is 3.44. The van der Waals surface area contributed by atoms with Crippen LogP contribution in [-0.2, 0) is 16.6 Å². The normalized spacial score (nSPS) is 15.3. The number of carbonyl (C=O) groups excluding carboxylic acids is 1. The molecule has 0 aliphatic carbocycles. The maximum atomic E-state index is 12.9. The molecule has 1 amide bonds. The number of nitrogens with zero attached hydrogens (tertiary/aromatic N) is 2. The molecule has 0 saturated carbocycles. The molecule has 0 radical (unpaired) electrons. The van der Waals surface area contributed by atoms with E-state index in [-0.39, 0.29) is 17.3 Å². The molecule has 33 heavy (non-hydrogen) atoms. The molecule has 1 N–H and O–H groups in total. The molecule has 9 heteroatoms. The van der Waals surface area contributed by atoms with Gasteiger partial charge in [0.25, 0.3) is 5.91 Å². The zero-order chi connectivity index (χ0) is 23.3. The van der Waals surface area contributed by atoms with Crippen molar-refractivity contribution in [2.45, 2.75) is 18.4 Å². The summed E-state index contributed by atoms with van der Waals surface area (Å²) in [7, 11) is -3.56. The highest BCUT2D eigenvalue weighted by Crippen LogP contribution is 2.21. The van der Waals surface area contributed by atoms with Crippen LogP contribution in [0.4, 0.5) is 5.69 Å². The number of piperazine rings is 1. The third-order valence-electron chi connectivity index (χ3n) is 5.62. The molecule has 0 unspecified atom stereocenters. The molecule has 174 valence electrons. The molecule has 4 rings (SSSR count). The summed E-state index contributed by atoms with van der Waals surface area (Å²) in [6.45, 7) is 5.57. The Bertz CT molecular complexity index is 1170. The van der Waals surface area contributed by atoms with E-state index < -0.39 is 15.9 Å². The van der Waals surface area contributed by atoms with Gasteiger partial charge in [0.15, 0.2) is 5.76 Å². The van der Waals surface area contributed by atoms with Crippen LogP contribution in [0.3, 0.4) is 0 Å². The number of benzene rings is 2. The van der Waals surface area contributed by atoms with Crippen molar-refractivity contribution in [1.82, 2.24) is 9.21 Å². The molecule has 1 aromatic heterocycles. The second-order valence-corrected chi connectivity index (χ2v) is 9.63. The number of para-hydroxylation sites is 1. The van der Waals surface area contributed by atoms with Gasteiger partial charge < -0.3 is 19.4 Å². The van der Waals surface area contributed by atoms with Crippen molar-refractivity contribution >= 4 is 21.6 Å². The van der Waals surface area contributed by atoms with Crippen LogP contribution >= 0.6 is 0 Å². The largest absolute Gasteiger partial charge is 0.489 e. The monoisotopic (exact) mass is 469 g/mol. The van der Waals surface area contributed by atoms with E-state index in [0.29, 0.717) is 30.1 Å². The summed E-state index contributed by atoms with van der Waals surface area (Å²) in [5, 5.41) is 2.75. The van der Waals surface area contributed by atoms with E-state index in [0.717, 1.165) is 19.6 Å². The lowest BCUT2D eigenvalue weighted by molar-refractivity contribution is 0.0993. The summed E-state index contributed by atoms with van der Waals surface area (Å²) in [5.74, 6) is 0.410. The number of likely N-dealkylation sites (N-methyl/N-ethyl adjacent to an activating group) is 1. The quantitative estimate of drug-likeness (QED) is 0.543. The van der Waals surface area contributed by atoms with E-state index >= 15 is 0 Å². The van der Waals surface area contributed by atoms with E-state index in [9.17, 15) is 13.2 Å². The Morgan fingerprint density at radius 3 is 2.36 bits per heavy atom. The van der Waals surface area contributed by atoms with Gasteiger partial charge >= 0.3 is 0 Å². The number of nitrogens with one attached hydrogen (secondary N) is 1. The van der Waals surface area contributed by atoms with Gasteiger partial charge in [-0.05, 0) is 49.0 Å². The average Bonchev–Trinajstić information content (AvgIpc) is 3.33. The Kier molecular flexibility index (Phi) is 7.12. The molecule has 1 fully saturated rings. The van der Waals surface area contributed by atoms with Gasteiger partial charge in [-0.1, -0.05) is 25.1 Å². The van der Waals surface area contributed by atoms with E-state index in [4.69, 9.17) is 9.15 Å². The first-order chi connectivity index (χ1) is 16.0. The van der Waals surface area contributed by atoms with Crippen LogP contribution in [0.2, 0.25) is 0 Å². The van der Waals surface area contributed by atoms with Crippen LogP contribution < -0.4 is 10.1 Å². The summed E-state index contributed by atoms with van der Waals surface area (Å²) >= 11 is 0. The molecule has 0 spiro atoms. The number of anilines is 1. The van der Waals surface area contributed by atoms with Gasteiger partial charge in [-0.15, -0.1) is 0 Å². The second kappa shape index (κ2) is 10.2. The molecule has 8 nitrogen and oxygen atoms in total. The van der Waals surface area contributed by atoms with Crippen molar-refractivity contribution in [2.24, 2.45) is 0 Å². The molecule has 1 aliphatic rings. The maximum absolute atomic E-state index is 12.9. The molecule has 1 saturated heterocycles. The summed E-state index contributed by atoms with van der Waals surface area (Å²) in [5.41, 5.74) is 1.09. The molecule has 0 atom stereocenters. The number of furan rings is 1. The van der Waals surface area contributed by atoms with Gasteiger partial charge in [-0.3, -0.25) is 4.79 Å². The number of carbonyl (C=O) groups is 1. The third-order valence-corrected chi connectivity index (χ3v) is 7.53. The fourth-order valence-electron chi connectivity index (χ4n) is 3.66. The smallest absolute Gasteiger partial charge is 0.291 e. The van der Waals surface area contributed by atoms with Gasteiger partial charge in [-0.2, -0.15) is 4.31 Å². The lowest BCUT2D eigenvalue weighted by Crippen LogP contribution is -2.48. The Morgan fingerprint density at radius 1 is 1.00 bits per heavy atom. The number of hydrogen-bond donors (Lipinski definition) is 1. The number of hydrogen-bond acceptors (Lipinski definition) is 6. The molecule has 1 aliphatic heterocycles. The van der Waals surface area contributed by atoms with Gasteiger partial charge in [0.2, 0.25) is 10.0 Å². The highest BCUT2D eigenvalue weighted by atomic mass is 32.2. The second-order valence-electron chi connectivity index (χ2n) is 7.69. The first-order valence-electron chi connectivity index (χ1n) is 10.9. The van der Waals surface area contributed by atoms with E-state index in [1.54, 1.807) is 18.2 Å². The van der Waals surface area contributed by atoms with Crippen LogP contribution in [0.15, 0.2) is 76.2 Å². The Hall–Kier alpha value is -3.14. The van der Waals surface area contributed by atoms with Crippen molar-refractivity contribution in [3.63, 3.8) is 0 Å². The fourth-order valence-corrected chi connectivity index (χ4v) is 5.08. The molecule has 2 heterocycles. The van der Waals surface area contributed by atoms with Crippen molar-refractivity contribution in [3.05, 3.63) is 78.3 Å². The topological polar surface area (TPSA) is 92.1 Å². The Labute approximate surface area is 193 Å². The van der Waals surface area contributed by atoms with Crippen molar-refractivity contribution in [3.8, 4) is 5.75 Å². The molecule has 0 bridgehead atoms. The van der Waals surface area contributed by atoms with E-state index in [1.165, 1.54) is 22.7 Å². The fraction of sp³-hybridized carbons (Fsp3) is 0.292. The molecule has 3 aromatic rings. The van der Waals surface area contributed by atoms with Gasteiger partial charge in [0, 0.05) is 37.4 Å². The van der Waals surface area contributed by atoms with Crippen LogP contribution in [-0.4, -0.2) is 56.3 Å². The number of sulfonamides is 1. The first kappa shape index (κ1) is 23.0. The number of amides is 1. The maximum Gasteiger partial charge on any atom is 0.291 e. The minimum absolute atomic E-state index is 0.149. The van der Waals surface area contributed by atoms with Gasteiger partial charge in [0.1, 0.15) is 12.4 Å². The Balaban J connectivity index is 1.38. The van der Waals surface area contributed by atoms with Crippen molar-refractivity contribution in [2.75, 3.05) is 38.0 Å². The summed E-state index contributed by atoms with van der Waals surface area (Å²) in [6, 6.07) is 17.2. The lowest BCUT2D eigenvalue weighted by atomic mass is 10.2. The SMILES string of the molecule is CCN1CCN(S(=O)(=O)c2ccc(NC(=O)c3occc3COc3ccccc3)cc2)CC1. The van der Waals surface area contributed by atoms with E-state index in [1.807, 2.05) is 30.3 Å². The molecular formula is C24H27N3O5S. The highest BCUT2D eigenvalue weighted by molar-refractivity contribution is 7.89. The standard InChI is InChI=1S/C24H27N3O5S/c1-2-26-13-15-27(16-14-26)33(29,30)22-10-8-20(9-11-22)25-24(28)23-19(12-17-31-23)18-32-21-6-4-3-5-7-21/h3-12,17H,2,13-16,18H2,1H3,(H,25,28). The number of rotatable bonds is 8. The van der Waals surface area contributed by atoms with Crippen molar-refractivity contribution in [1.29, 1.82) is 0 Å². The lowest BCUT2D eigenvalue weighted by Gasteiger charge is -2.33. The van der Waals surface area contributed by atoms with Gasteiger partial charge in [0.05, 0.1) is 11.2 Å². The highest BCUT2D eigenvalue weighted by Gasteiger charge is 2.28. The summed E-state index contributed by atoms with van der Waals surface area (Å²) in [6.07, 6.45) is 1.44. The van der Waals surface area contributed by atoms with Crippen LogP contribution in [0.5, 0.6) is 5.75 Å². The zero-order valence-electron chi connectivity index (χ0n) is 18.4. The van der Waals surface area contributed by atoms with Crippen LogP contribution in [0, 0.1) is 0 Å². The Morgan fingerprint density at radius 2 is 1.70 bits per heavy atom. The van der Waals surface area contributed by atoms with E-state index in [2.05, 4.69) is 17.1 Å².